The molecule has 36 heavy (non-hydrogen) atoms. The van der Waals surface area contributed by atoms with Crippen LogP contribution in [0.15, 0.2) is 73.1 Å². The summed E-state index contributed by atoms with van der Waals surface area (Å²) >= 11 is 0. The number of hydrogen-bond acceptors (Lipinski definition) is 5. The molecule has 0 aliphatic carbocycles. The highest BCUT2D eigenvalue weighted by Crippen LogP contribution is 2.42. The zero-order valence-electron chi connectivity index (χ0n) is 20.1. The van der Waals surface area contributed by atoms with Crippen molar-refractivity contribution in [1.82, 2.24) is 14.8 Å². The van der Waals surface area contributed by atoms with E-state index >= 15 is 0 Å². The number of rotatable bonds is 6. The van der Waals surface area contributed by atoms with E-state index in [1.165, 1.54) is 19.2 Å². The van der Waals surface area contributed by atoms with Crippen LogP contribution in [0.2, 0.25) is 0 Å². The minimum atomic E-state index is -1.18. The van der Waals surface area contributed by atoms with Crippen molar-refractivity contribution >= 4 is 11.8 Å². The molecule has 2 atom stereocenters. The van der Waals surface area contributed by atoms with E-state index in [0.717, 1.165) is 11.1 Å². The van der Waals surface area contributed by atoms with Gasteiger partial charge in [0.15, 0.2) is 17.2 Å². The number of halogens is 1. The van der Waals surface area contributed by atoms with Crippen LogP contribution in [-0.4, -0.2) is 65.6 Å². The van der Waals surface area contributed by atoms with Gasteiger partial charge in [0.05, 0.1) is 26.7 Å². The van der Waals surface area contributed by atoms with Crippen LogP contribution in [0.25, 0.3) is 0 Å². The molecule has 1 aromatic heterocycles. The summed E-state index contributed by atoms with van der Waals surface area (Å²) in [6.45, 7) is 1.66. The van der Waals surface area contributed by atoms with Crippen LogP contribution in [0, 0.1) is 5.82 Å². The SMILES string of the molecule is COc1ccc(CC(=O)N2CCOC3(C2)C(=O)N(Cc2cccnc2)CC3c2ccccc2)cc1F. The molecule has 0 radical (unpaired) electrons. The van der Waals surface area contributed by atoms with Crippen LogP contribution in [-0.2, 0) is 27.3 Å². The highest BCUT2D eigenvalue weighted by Gasteiger charge is 2.58. The van der Waals surface area contributed by atoms with Crippen molar-refractivity contribution in [1.29, 1.82) is 0 Å². The molecule has 2 aromatic carbocycles. The maximum Gasteiger partial charge on any atom is 0.257 e. The third-order valence-electron chi connectivity index (χ3n) is 6.98. The number of hydrogen-bond donors (Lipinski definition) is 0. The van der Waals surface area contributed by atoms with Gasteiger partial charge in [-0.1, -0.05) is 42.5 Å². The van der Waals surface area contributed by atoms with Crippen LogP contribution < -0.4 is 4.74 Å². The number of carbonyl (C=O) groups excluding carboxylic acids is 2. The van der Waals surface area contributed by atoms with Gasteiger partial charge >= 0.3 is 0 Å². The molecule has 3 heterocycles. The summed E-state index contributed by atoms with van der Waals surface area (Å²) in [5.74, 6) is -0.924. The molecule has 7 nitrogen and oxygen atoms in total. The minimum Gasteiger partial charge on any atom is -0.494 e. The van der Waals surface area contributed by atoms with E-state index in [0.29, 0.717) is 25.2 Å². The van der Waals surface area contributed by atoms with E-state index in [9.17, 15) is 14.0 Å². The standard InChI is InChI=1S/C28H28FN3O4/c1-35-25-10-9-20(14-24(25)29)15-26(33)31-12-13-36-28(19-31)23(22-7-3-2-4-8-22)18-32(27(28)34)17-21-6-5-11-30-16-21/h2-11,14,16,23H,12-13,15,17-19H2,1H3. The molecule has 0 N–H and O–H groups in total. The number of methoxy groups -OCH3 is 1. The molecule has 186 valence electrons. The van der Waals surface area contributed by atoms with Gasteiger partial charge in [-0.3, -0.25) is 14.6 Å². The van der Waals surface area contributed by atoms with Crippen molar-refractivity contribution < 1.29 is 23.5 Å². The lowest BCUT2D eigenvalue weighted by Crippen LogP contribution is -2.59. The lowest BCUT2D eigenvalue weighted by Gasteiger charge is -2.42. The second-order valence-corrected chi connectivity index (χ2v) is 9.21. The summed E-state index contributed by atoms with van der Waals surface area (Å²) in [4.78, 5) is 34.8. The molecule has 2 saturated heterocycles. The molecule has 2 aliphatic rings. The smallest absolute Gasteiger partial charge is 0.257 e. The van der Waals surface area contributed by atoms with Crippen LogP contribution in [0.1, 0.15) is 22.6 Å². The lowest BCUT2D eigenvalue weighted by molar-refractivity contribution is -0.167. The average molecular weight is 490 g/mol. The van der Waals surface area contributed by atoms with Crippen molar-refractivity contribution in [3.8, 4) is 5.75 Å². The van der Waals surface area contributed by atoms with Crippen molar-refractivity contribution in [3.63, 3.8) is 0 Å². The highest BCUT2D eigenvalue weighted by molar-refractivity contribution is 5.91. The molecule has 0 saturated carbocycles. The summed E-state index contributed by atoms with van der Waals surface area (Å²) in [5, 5.41) is 0. The quantitative estimate of drug-likeness (QED) is 0.532. The summed E-state index contributed by atoms with van der Waals surface area (Å²) in [7, 11) is 1.40. The number of nitrogens with zero attached hydrogens (tertiary/aromatic N) is 3. The summed E-state index contributed by atoms with van der Waals surface area (Å²) < 4.78 is 25.4. The monoisotopic (exact) mass is 489 g/mol. The second kappa shape index (κ2) is 10.1. The van der Waals surface area contributed by atoms with E-state index in [1.807, 2.05) is 42.5 Å². The Balaban J connectivity index is 1.40. The van der Waals surface area contributed by atoms with E-state index in [-0.39, 0.29) is 43.1 Å². The van der Waals surface area contributed by atoms with Gasteiger partial charge in [0, 0.05) is 37.9 Å². The predicted octanol–water partition coefficient (Wildman–Crippen LogP) is 3.20. The molecule has 3 aromatic rings. The van der Waals surface area contributed by atoms with E-state index in [2.05, 4.69) is 4.98 Å². The first-order chi connectivity index (χ1) is 17.5. The van der Waals surface area contributed by atoms with Gasteiger partial charge in [0.1, 0.15) is 0 Å². The zero-order chi connectivity index (χ0) is 25.1. The summed E-state index contributed by atoms with van der Waals surface area (Å²) in [6, 6.07) is 18.1. The molecule has 5 rings (SSSR count). The molecule has 0 bridgehead atoms. The molecular formula is C28H28FN3O4. The van der Waals surface area contributed by atoms with Crippen LogP contribution in [0.3, 0.4) is 0 Å². The van der Waals surface area contributed by atoms with Crippen LogP contribution in [0.4, 0.5) is 4.39 Å². The number of pyridine rings is 1. The Morgan fingerprint density at radius 3 is 2.72 bits per heavy atom. The van der Waals surface area contributed by atoms with E-state index in [1.54, 1.807) is 28.3 Å². The van der Waals surface area contributed by atoms with Gasteiger partial charge < -0.3 is 19.3 Å². The normalized spacial score (nSPS) is 21.7. The number of benzene rings is 2. The molecule has 8 heteroatoms. The first-order valence-electron chi connectivity index (χ1n) is 12.0. The maximum absolute atomic E-state index is 14.2. The Hall–Kier alpha value is -3.78. The Labute approximate surface area is 209 Å². The van der Waals surface area contributed by atoms with E-state index < -0.39 is 11.4 Å². The number of ether oxygens (including phenoxy) is 2. The highest BCUT2D eigenvalue weighted by atomic mass is 19.1. The number of aromatic nitrogens is 1. The first kappa shape index (κ1) is 23.9. The van der Waals surface area contributed by atoms with Gasteiger partial charge in [0.2, 0.25) is 5.91 Å². The van der Waals surface area contributed by atoms with Crippen molar-refractivity contribution in [3.05, 3.63) is 95.6 Å². The second-order valence-electron chi connectivity index (χ2n) is 9.21. The summed E-state index contributed by atoms with van der Waals surface area (Å²) in [6.07, 6.45) is 3.48. The number of amides is 2. The van der Waals surface area contributed by atoms with Crippen LogP contribution >= 0.6 is 0 Å². The fourth-order valence-corrected chi connectivity index (χ4v) is 5.18. The molecule has 1 spiro atoms. The van der Waals surface area contributed by atoms with E-state index in [4.69, 9.17) is 9.47 Å². The van der Waals surface area contributed by atoms with Gasteiger partial charge in [-0.05, 0) is 34.9 Å². The largest absolute Gasteiger partial charge is 0.494 e. The number of likely N-dealkylation sites (tertiary alicyclic amines) is 1. The number of carbonyl (C=O) groups is 2. The van der Waals surface area contributed by atoms with Crippen molar-refractivity contribution in [2.24, 2.45) is 0 Å². The Kier molecular flexibility index (Phi) is 6.69. The fraction of sp³-hybridized carbons (Fsp3) is 0.321. The van der Waals surface area contributed by atoms with Gasteiger partial charge in [0.25, 0.3) is 5.91 Å². The van der Waals surface area contributed by atoms with Crippen molar-refractivity contribution in [2.45, 2.75) is 24.5 Å². The first-order valence-corrected chi connectivity index (χ1v) is 12.0. The maximum atomic E-state index is 14.2. The third kappa shape index (κ3) is 4.56. The predicted molar refractivity (Wildman–Crippen MR) is 131 cm³/mol. The Morgan fingerprint density at radius 1 is 1.17 bits per heavy atom. The van der Waals surface area contributed by atoms with Crippen LogP contribution in [0.5, 0.6) is 5.75 Å². The van der Waals surface area contributed by atoms with Crippen molar-refractivity contribution in [2.75, 3.05) is 33.4 Å². The molecule has 2 fully saturated rings. The Bertz CT molecular complexity index is 1240. The van der Waals surface area contributed by atoms with Gasteiger partial charge in [-0.25, -0.2) is 4.39 Å². The third-order valence-corrected chi connectivity index (χ3v) is 6.98. The molecule has 2 aliphatic heterocycles. The lowest BCUT2D eigenvalue weighted by atomic mass is 9.83. The Morgan fingerprint density at radius 2 is 2.00 bits per heavy atom. The fourth-order valence-electron chi connectivity index (χ4n) is 5.18. The molecule has 2 unspecified atom stereocenters. The number of morpholine rings is 1. The van der Waals surface area contributed by atoms with Gasteiger partial charge in [-0.15, -0.1) is 0 Å². The van der Waals surface area contributed by atoms with Gasteiger partial charge in [-0.2, -0.15) is 0 Å². The molecule has 2 amide bonds. The summed E-state index contributed by atoms with van der Waals surface area (Å²) in [5.41, 5.74) is 1.29. The minimum absolute atomic E-state index is 0.0284. The molecular weight excluding hydrogens is 461 g/mol. The zero-order valence-corrected chi connectivity index (χ0v) is 20.1. The topological polar surface area (TPSA) is 72.0 Å². The average Bonchev–Trinajstić information content (AvgIpc) is 3.15.